The number of carbonyl (C=O) groups excluding carboxylic acids is 2. The van der Waals surface area contributed by atoms with Crippen LogP contribution in [0.4, 0.5) is 0 Å². The molecular formula is C18H22N2O4. The van der Waals surface area contributed by atoms with Crippen LogP contribution in [0.2, 0.25) is 0 Å². The van der Waals surface area contributed by atoms with E-state index in [1.54, 1.807) is 12.1 Å². The molecule has 0 atom stereocenters. The molecule has 0 aliphatic carbocycles. The second-order valence-electron chi connectivity index (χ2n) is 5.38. The van der Waals surface area contributed by atoms with E-state index in [0.29, 0.717) is 19.7 Å². The number of nitrogens with one attached hydrogen (secondary N) is 2. The van der Waals surface area contributed by atoms with Crippen LogP contribution in [0.3, 0.4) is 0 Å². The Morgan fingerprint density at radius 2 is 1.88 bits per heavy atom. The first-order valence-electron chi connectivity index (χ1n) is 7.85. The average Bonchev–Trinajstić information content (AvgIpc) is 3.10. The van der Waals surface area contributed by atoms with Gasteiger partial charge in [-0.1, -0.05) is 12.1 Å². The Kier molecular flexibility index (Phi) is 6.42. The van der Waals surface area contributed by atoms with Crippen LogP contribution in [-0.4, -0.2) is 31.5 Å². The molecule has 1 heterocycles. The van der Waals surface area contributed by atoms with Gasteiger partial charge in [-0.15, -0.1) is 0 Å². The highest BCUT2D eigenvalue weighted by molar-refractivity contribution is 5.91. The van der Waals surface area contributed by atoms with Crippen LogP contribution >= 0.6 is 0 Å². The molecule has 2 amide bonds. The lowest BCUT2D eigenvalue weighted by Gasteiger charge is -2.11. The molecule has 0 fully saturated rings. The van der Waals surface area contributed by atoms with Gasteiger partial charge >= 0.3 is 0 Å². The van der Waals surface area contributed by atoms with Crippen LogP contribution in [0.25, 0.3) is 0 Å². The van der Waals surface area contributed by atoms with Crippen LogP contribution in [0.5, 0.6) is 5.75 Å². The van der Waals surface area contributed by atoms with Crippen molar-refractivity contribution in [2.45, 2.75) is 20.3 Å². The Morgan fingerprint density at radius 3 is 2.62 bits per heavy atom. The van der Waals surface area contributed by atoms with E-state index in [4.69, 9.17) is 9.15 Å². The summed E-state index contributed by atoms with van der Waals surface area (Å²) >= 11 is 0. The number of aryl methyl sites for hydroxylation is 1. The maximum absolute atomic E-state index is 11.7. The standard InChI is InChI=1S/C18H22N2O4/c1-13-5-3-6-15(14(13)2)24-12-8-17(21)19-9-10-20-18(22)16-7-4-11-23-16/h3-7,11H,8-10,12H2,1-2H3,(H,19,21)(H,20,22). The first kappa shape index (κ1) is 17.6. The van der Waals surface area contributed by atoms with Gasteiger partial charge in [-0.3, -0.25) is 9.59 Å². The van der Waals surface area contributed by atoms with Gasteiger partial charge in [0.25, 0.3) is 5.91 Å². The second-order valence-corrected chi connectivity index (χ2v) is 5.38. The second kappa shape index (κ2) is 8.76. The highest BCUT2D eigenvalue weighted by Gasteiger charge is 2.08. The Morgan fingerprint density at radius 1 is 1.08 bits per heavy atom. The van der Waals surface area contributed by atoms with Crippen molar-refractivity contribution in [2.24, 2.45) is 0 Å². The fourth-order valence-corrected chi connectivity index (χ4v) is 2.10. The van der Waals surface area contributed by atoms with Gasteiger partial charge in [0.2, 0.25) is 5.91 Å². The van der Waals surface area contributed by atoms with Gasteiger partial charge in [0.15, 0.2) is 5.76 Å². The predicted octanol–water partition coefficient (Wildman–Crippen LogP) is 2.21. The minimum absolute atomic E-state index is 0.118. The molecule has 0 radical (unpaired) electrons. The first-order chi connectivity index (χ1) is 11.6. The van der Waals surface area contributed by atoms with Gasteiger partial charge in [-0.2, -0.15) is 0 Å². The largest absolute Gasteiger partial charge is 0.493 e. The number of hydrogen-bond donors (Lipinski definition) is 2. The van der Waals surface area contributed by atoms with Crippen LogP contribution in [0.1, 0.15) is 28.1 Å². The van der Waals surface area contributed by atoms with Crippen molar-refractivity contribution in [1.29, 1.82) is 0 Å². The Hall–Kier alpha value is -2.76. The number of amides is 2. The van der Waals surface area contributed by atoms with Gasteiger partial charge in [0.1, 0.15) is 5.75 Å². The molecule has 1 aromatic carbocycles. The van der Waals surface area contributed by atoms with Crippen LogP contribution in [0.15, 0.2) is 41.0 Å². The van der Waals surface area contributed by atoms with Gasteiger partial charge in [-0.05, 0) is 43.2 Å². The van der Waals surface area contributed by atoms with Crippen molar-refractivity contribution in [3.63, 3.8) is 0 Å². The zero-order valence-corrected chi connectivity index (χ0v) is 13.9. The predicted molar refractivity (Wildman–Crippen MR) is 90.1 cm³/mol. The molecule has 0 saturated heterocycles. The third-order valence-corrected chi connectivity index (χ3v) is 3.62. The molecular weight excluding hydrogens is 308 g/mol. The van der Waals surface area contributed by atoms with Crippen molar-refractivity contribution >= 4 is 11.8 Å². The minimum Gasteiger partial charge on any atom is -0.493 e. The summed E-state index contributed by atoms with van der Waals surface area (Å²) in [5.41, 5.74) is 2.24. The molecule has 6 nitrogen and oxygen atoms in total. The summed E-state index contributed by atoms with van der Waals surface area (Å²) in [6.45, 7) is 5.02. The fraction of sp³-hybridized carbons (Fsp3) is 0.333. The summed E-state index contributed by atoms with van der Waals surface area (Å²) in [4.78, 5) is 23.3. The normalized spacial score (nSPS) is 10.2. The SMILES string of the molecule is Cc1cccc(OCCC(=O)NCCNC(=O)c2ccco2)c1C. The van der Waals surface area contributed by atoms with Crippen LogP contribution in [0, 0.1) is 13.8 Å². The topological polar surface area (TPSA) is 80.6 Å². The summed E-state index contributed by atoms with van der Waals surface area (Å²) in [5, 5.41) is 5.39. The van der Waals surface area contributed by atoms with Gasteiger partial charge in [0, 0.05) is 13.1 Å². The van der Waals surface area contributed by atoms with E-state index in [9.17, 15) is 9.59 Å². The molecule has 0 aliphatic heterocycles. The van der Waals surface area contributed by atoms with E-state index in [-0.39, 0.29) is 24.0 Å². The van der Waals surface area contributed by atoms with E-state index in [1.165, 1.54) is 6.26 Å². The fourth-order valence-electron chi connectivity index (χ4n) is 2.10. The summed E-state index contributed by atoms with van der Waals surface area (Å²) in [5.74, 6) is 0.636. The molecule has 128 valence electrons. The summed E-state index contributed by atoms with van der Waals surface area (Å²) in [7, 11) is 0. The number of carbonyl (C=O) groups is 2. The zero-order valence-electron chi connectivity index (χ0n) is 13.9. The average molecular weight is 330 g/mol. The third-order valence-electron chi connectivity index (χ3n) is 3.62. The number of furan rings is 1. The van der Waals surface area contributed by atoms with Crippen LogP contribution < -0.4 is 15.4 Å². The van der Waals surface area contributed by atoms with Crippen molar-refractivity contribution in [2.75, 3.05) is 19.7 Å². The lowest BCUT2D eigenvalue weighted by atomic mass is 10.1. The molecule has 0 unspecified atom stereocenters. The van der Waals surface area contributed by atoms with Gasteiger partial charge < -0.3 is 19.8 Å². The van der Waals surface area contributed by atoms with Crippen molar-refractivity contribution in [3.8, 4) is 5.75 Å². The monoisotopic (exact) mass is 330 g/mol. The molecule has 0 bridgehead atoms. The van der Waals surface area contributed by atoms with Crippen LogP contribution in [-0.2, 0) is 4.79 Å². The summed E-state index contributed by atoms with van der Waals surface area (Å²) in [6.07, 6.45) is 1.70. The summed E-state index contributed by atoms with van der Waals surface area (Å²) in [6, 6.07) is 9.07. The zero-order chi connectivity index (χ0) is 17.4. The van der Waals surface area contributed by atoms with E-state index < -0.39 is 0 Å². The first-order valence-corrected chi connectivity index (χ1v) is 7.85. The molecule has 0 aliphatic rings. The van der Waals surface area contributed by atoms with Crippen molar-refractivity contribution in [3.05, 3.63) is 53.5 Å². The molecule has 2 aromatic rings. The number of ether oxygens (including phenoxy) is 1. The van der Waals surface area contributed by atoms with Gasteiger partial charge in [0.05, 0.1) is 19.3 Å². The Balaban J connectivity index is 1.60. The maximum Gasteiger partial charge on any atom is 0.287 e. The van der Waals surface area contributed by atoms with E-state index in [1.807, 2.05) is 32.0 Å². The molecule has 2 N–H and O–H groups in total. The molecule has 6 heteroatoms. The van der Waals surface area contributed by atoms with E-state index >= 15 is 0 Å². The smallest absolute Gasteiger partial charge is 0.287 e. The van der Waals surface area contributed by atoms with Crippen molar-refractivity contribution in [1.82, 2.24) is 10.6 Å². The number of hydrogen-bond acceptors (Lipinski definition) is 4. The van der Waals surface area contributed by atoms with Crippen molar-refractivity contribution < 1.29 is 18.7 Å². The minimum atomic E-state index is -0.299. The van der Waals surface area contributed by atoms with E-state index in [2.05, 4.69) is 10.6 Å². The third kappa shape index (κ3) is 5.15. The Labute approximate surface area is 141 Å². The number of benzene rings is 1. The molecule has 0 spiro atoms. The summed E-state index contributed by atoms with van der Waals surface area (Å²) < 4.78 is 10.6. The highest BCUT2D eigenvalue weighted by atomic mass is 16.5. The quantitative estimate of drug-likeness (QED) is 0.727. The Bertz CT molecular complexity index is 680. The lowest BCUT2D eigenvalue weighted by Crippen LogP contribution is -2.35. The van der Waals surface area contributed by atoms with E-state index in [0.717, 1.165) is 16.9 Å². The maximum atomic E-state index is 11.7. The molecule has 24 heavy (non-hydrogen) atoms. The molecule has 2 rings (SSSR count). The lowest BCUT2D eigenvalue weighted by molar-refractivity contribution is -0.121. The highest BCUT2D eigenvalue weighted by Crippen LogP contribution is 2.20. The van der Waals surface area contributed by atoms with Gasteiger partial charge in [-0.25, -0.2) is 0 Å². The molecule has 1 aromatic heterocycles. The number of rotatable bonds is 8. The molecule has 0 saturated carbocycles.